The molecule has 0 heterocycles. The highest BCUT2D eigenvalue weighted by atomic mass is 35.5. The summed E-state index contributed by atoms with van der Waals surface area (Å²) in [5, 5.41) is 2.88. The van der Waals surface area contributed by atoms with Crippen molar-refractivity contribution in [2.75, 3.05) is 19.8 Å². The van der Waals surface area contributed by atoms with E-state index in [-0.39, 0.29) is 16.5 Å². The van der Waals surface area contributed by atoms with E-state index < -0.39 is 5.82 Å². The molecule has 2 aromatic rings. The Kier molecular flexibility index (Phi) is 7.07. The van der Waals surface area contributed by atoms with Gasteiger partial charge in [-0.3, -0.25) is 4.79 Å². The number of benzene rings is 2. The lowest BCUT2D eigenvalue weighted by atomic mass is 10.1. The minimum atomic E-state index is -0.473. The van der Waals surface area contributed by atoms with Crippen molar-refractivity contribution in [2.24, 2.45) is 0 Å². The van der Waals surface area contributed by atoms with Crippen molar-refractivity contribution in [3.63, 3.8) is 0 Å². The fraction of sp³-hybridized carbons (Fsp3) is 0.316. The van der Waals surface area contributed by atoms with Gasteiger partial charge in [-0.15, -0.1) is 0 Å². The number of halogens is 2. The van der Waals surface area contributed by atoms with Crippen LogP contribution in [0.2, 0.25) is 5.02 Å². The quantitative estimate of drug-likeness (QED) is 0.760. The van der Waals surface area contributed by atoms with Crippen LogP contribution in [0, 0.1) is 5.82 Å². The van der Waals surface area contributed by atoms with Crippen molar-refractivity contribution < 1.29 is 18.7 Å². The molecule has 0 aliphatic carbocycles. The highest BCUT2D eigenvalue weighted by Gasteiger charge is 2.11. The fourth-order valence-electron chi connectivity index (χ4n) is 2.34. The minimum Gasteiger partial charge on any atom is -0.490 e. The van der Waals surface area contributed by atoms with Gasteiger partial charge in [-0.1, -0.05) is 17.7 Å². The Hall–Kier alpha value is -2.27. The third-order valence-electron chi connectivity index (χ3n) is 3.48. The molecule has 0 fully saturated rings. The van der Waals surface area contributed by atoms with Gasteiger partial charge in [-0.2, -0.15) is 0 Å². The normalized spacial score (nSPS) is 10.4. The van der Waals surface area contributed by atoms with Crippen LogP contribution in [0.5, 0.6) is 11.5 Å². The predicted molar refractivity (Wildman–Crippen MR) is 96.2 cm³/mol. The van der Waals surface area contributed by atoms with Gasteiger partial charge in [0.15, 0.2) is 11.5 Å². The summed E-state index contributed by atoms with van der Waals surface area (Å²) in [5.41, 5.74) is 1.27. The van der Waals surface area contributed by atoms with Crippen molar-refractivity contribution in [3.05, 3.63) is 58.4 Å². The van der Waals surface area contributed by atoms with E-state index in [0.29, 0.717) is 37.7 Å². The van der Waals surface area contributed by atoms with E-state index in [0.717, 1.165) is 11.6 Å². The molecule has 0 saturated heterocycles. The number of carbonyl (C=O) groups excluding carboxylic acids is 1. The average molecular weight is 366 g/mol. The summed E-state index contributed by atoms with van der Waals surface area (Å²) in [6.45, 7) is 5.36. The number of nitrogens with one attached hydrogen (secondary N) is 1. The van der Waals surface area contributed by atoms with Crippen LogP contribution >= 0.6 is 11.6 Å². The van der Waals surface area contributed by atoms with Crippen molar-refractivity contribution >= 4 is 17.5 Å². The summed E-state index contributed by atoms with van der Waals surface area (Å²) in [7, 11) is 0. The van der Waals surface area contributed by atoms with Gasteiger partial charge in [0, 0.05) is 6.54 Å². The zero-order valence-corrected chi connectivity index (χ0v) is 15.0. The lowest BCUT2D eigenvalue weighted by molar-refractivity contribution is 0.0954. The summed E-state index contributed by atoms with van der Waals surface area (Å²) in [5.74, 6) is 0.588. The minimum absolute atomic E-state index is 0.0946. The molecule has 1 amide bonds. The maximum atomic E-state index is 13.0. The molecular weight excluding hydrogens is 345 g/mol. The van der Waals surface area contributed by atoms with E-state index in [4.69, 9.17) is 21.1 Å². The second-order valence-electron chi connectivity index (χ2n) is 5.28. The Bertz CT molecular complexity index is 737. The largest absolute Gasteiger partial charge is 0.490 e. The van der Waals surface area contributed by atoms with Gasteiger partial charge in [-0.05, 0) is 56.2 Å². The molecule has 0 saturated carbocycles. The number of hydrogen-bond acceptors (Lipinski definition) is 3. The van der Waals surface area contributed by atoms with Crippen LogP contribution in [0.15, 0.2) is 36.4 Å². The van der Waals surface area contributed by atoms with Crippen molar-refractivity contribution in [2.45, 2.75) is 20.3 Å². The SMILES string of the molecule is CCOc1ccc(CCNC(=O)c2ccc(F)cc2Cl)cc1OCC. The first-order valence-corrected chi connectivity index (χ1v) is 8.54. The zero-order valence-electron chi connectivity index (χ0n) is 14.3. The van der Waals surface area contributed by atoms with Crippen molar-refractivity contribution in [1.29, 1.82) is 0 Å². The van der Waals surface area contributed by atoms with E-state index in [9.17, 15) is 9.18 Å². The van der Waals surface area contributed by atoms with Gasteiger partial charge in [0.1, 0.15) is 5.82 Å². The number of rotatable bonds is 8. The number of ether oxygens (including phenoxy) is 2. The molecule has 2 rings (SSSR count). The lowest BCUT2D eigenvalue weighted by Gasteiger charge is -2.13. The smallest absolute Gasteiger partial charge is 0.252 e. The molecule has 0 unspecified atom stereocenters. The van der Waals surface area contributed by atoms with Crippen LogP contribution in [0.1, 0.15) is 29.8 Å². The summed E-state index contributed by atoms with van der Waals surface area (Å²) >= 11 is 5.89. The van der Waals surface area contributed by atoms with Crippen LogP contribution in [-0.2, 0) is 6.42 Å². The Morgan fingerprint density at radius 2 is 1.80 bits per heavy atom. The first-order valence-electron chi connectivity index (χ1n) is 8.17. The molecule has 1 N–H and O–H groups in total. The average Bonchev–Trinajstić information content (AvgIpc) is 2.57. The van der Waals surface area contributed by atoms with Gasteiger partial charge in [0.2, 0.25) is 0 Å². The molecule has 0 bridgehead atoms. The first-order chi connectivity index (χ1) is 12.0. The number of hydrogen-bond donors (Lipinski definition) is 1. The molecule has 4 nitrogen and oxygen atoms in total. The maximum Gasteiger partial charge on any atom is 0.252 e. The van der Waals surface area contributed by atoms with Crippen LogP contribution in [0.25, 0.3) is 0 Å². The predicted octanol–water partition coefficient (Wildman–Crippen LogP) is 4.25. The van der Waals surface area contributed by atoms with E-state index in [1.54, 1.807) is 0 Å². The van der Waals surface area contributed by atoms with Crippen molar-refractivity contribution in [1.82, 2.24) is 5.32 Å². The Balaban J connectivity index is 1.96. The summed E-state index contributed by atoms with van der Waals surface area (Å²) in [6, 6.07) is 9.41. The standard InChI is InChI=1S/C19H21ClFNO3/c1-3-24-17-8-5-13(11-18(17)25-4-2)9-10-22-19(23)15-7-6-14(21)12-16(15)20/h5-8,11-12H,3-4,9-10H2,1-2H3,(H,22,23). The second kappa shape index (κ2) is 9.28. The molecule has 2 aromatic carbocycles. The molecule has 0 aliphatic rings. The molecule has 0 spiro atoms. The molecular formula is C19H21ClFNO3. The van der Waals surface area contributed by atoms with E-state index in [1.165, 1.54) is 12.1 Å². The Labute approximate surface area is 151 Å². The highest BCUT2D eigenvalue weighted by Crippen LogP contribution is 2.28. The van der Waals surface area contributed by atoms with Gasteiger partial charge in [0.25, 0.3) is 5.91 Å². The molecule has 0 radical (unpaired) electrons. The Morgan fingerprint density at radius 3 is 2.48 bits per heavy atom. The molecule has 134 valence electrons. The molecule has 6 heteroatoms. The molecule has 0 atom stereocenters. The third kappa shape index (κ3) is 5.36. The Morgan fingerprint density at radius 1 is 1.08 bits per heavy atom. The van der Waals surface area contributed by atoms with E-state index >= 15 is 0 Å². The zero-order chi connectivity index (χ0) is 18.2. The van der Waals surface area contributed by atoms with E-state index in [2.05, 4.69) is 5.32 Å². The molecule has 25 heavy (non-hydrogen) atoms. The van der Waals surface area contributed by atoms with Gasteiger partial charge >= 0.3 is 0 Å². The van der Waals surface area contributed by atoms with E-state index in [1.807, 2.05) is 32.0 Å². The van der Waals surface area contributed by atoms with Gasteiger partial charge in [-0.25, -0.2) is 4.39 Å². The maximum absolute atomic E-state index is 13.0. The molecule has 0 aromatic heterocycles. The summed E-state index contributed by atoms with van der Waals surface area (Å²) in [4.78, 5) is 12.1. The first kappa shape index (κ1) is 19.1. The highest BCUT2D eigenvalue weighted by molar-refractivity contribution is 6.33. The van der Waals surface area contributed by atoms with Crippen LogP contribution in [-0.4, -0.2) is 25.7 Å². The summed E-state index contributed by atoms with van der Waals surface area (Å²) < 4.78 is 24.2. The second-order valence-corrected chi connectivity index (χ2v) is 5.68. The number of amides is 1. The third-order valence-corrected chi connectivity index (χ3v) is 3.80. The van der Waals surface area contributed by atoms with Crippen LogP contribution < -0.4 is 14.8 Å². The fourth-order valence-corrected chi connectivity index (χ4v) is 2.59. The van der Waals surface area contributed by atoms with Gasteiger partial charge < -0.3 is 14.8 Å². The van der Waals surface area contributed by atoms with Crippen LogP contribution in [0.4, 0.5) is 4.39 Å². The monoisotopic (exact) mass is 365 g/mol. The van der Waals surface area contributed by atoms with Crippen LogP contribution in [0.3, 0.4) is 0 Å². The van der Waals surface area contributed by atoms with Gasteiger partial charge in [0.05, 0.1) is 23.8 Å². The van der Waals surface area contributed by atoms with Crippen molar-refractivity contribution in [3.8, 4) is 11.5 Å². The lowest BCUT2D eigenvalue weighted by Crippen LogP contribution is -2.26. The number of carbonyl (C=O) groups is 1. The molecule has 0 aliphatic heterocycles. The topological polar surface area (TPSA) is 47.6 Å². The summed E-state index contributed by atoms with van der Waals surface area (Å²) in [6.07, 6.45) is 0.622.